The summed E-state index contributed by atoms with van der Waals surface area (Å²) in [7, 11) is 0. The summed E-state index contributed by atoms with van der Waals surface area (Å²) in [5, 5.41) is 0. The molecule has 0 spiro atoms. The second-order valence-electron chi connectivity index (χ2n) is 2.69. The van der Waals surface area contributed by atoms with Crippen LogP contribution in [0.4, 0.5) is 0 Å². The van der Waals surface area contributed by atoms with Gasteiger partial charge in [-0.1, -0.05) is 0 Å². The number of ketones is 2. The number of halogens is 1. The van der Waals surface area contributed by atoms with Crippen molar-refractivity contribution in [2.45, 2.75) is 13.3 Å². The van der Waals surface area contributed by atoms with Crippen LogP contribution in [0.1, 0.15) is 23.7 Å². The van der Waals surface area contributed by atoms with Crippen molar-refractivity contribution in [1.29, 1.82) is 0 Å². The van der Waals surface area contributed by atoms with Crippen LogP contribution in [0, 0.1) is 0 Å². The minimum absolute atomic E-state index is 0.0574. The number of rotatable bonds is 3. The second-order valence-corrected chi connectivity index (χ2v) is 3.61. The van der Waals surface area contributed by atoms with Crippen molar-refractivity contribution in [1.82, 2.24) is 4.98 Å². The number of Topliss-reactive ketones (excluding diaryl/α,β-unsaturated/α-hetero) is 2. The van der Waals surface area contributed by atoms with E-state index in [1.54, 1.807) is 12.3 Å². The Morgan fingerprint density at radius 3 is 2.69 bits per heavy atom. The number of hydrogen-bond acceptors (Lipinski definition) is 3. The van der Waals surface area contributed by atoms with E-state index in [4.69, 9.17) is 0 Å². The van der Waals surface area contributed by atoms with Gasteiger partial charge in [-0.15, -0.1) is 0 Å². The van der Waals surface area contributed by atoms with Gasteiger partial charge in [0.15, 0.2) is 5.78 Å². The van der Waals surface area contributed by atoms with Crippen LogP contribution in [-0.4, -0.2) is 16.6 Å². The molecule has 0 amide bonds. The quantitative estimate of drug-likeness (QED) is 0.601. The molecular formula is C9H8BrNO2. The maximum atomic E-state index is 11.3. The molecule has 3 nitrogen and oxygen atoms in total. The molecular weight excluding hydrogens is 234 g/mol. The molecule has 0 saturated carbocycles. The van der Waals surface area contributed by atoms with Crippen molar-refractivity contribution in [2.75, 3.05) is 0 Å². The van der Waals surface area contributed by atoms with Crippen LogP contribution in [-0.2, 0) is 4.79 Å². The molecule has 0 aromatic carbocycles. The van der Waals surface area contributed by atoms with Crippen LogP contribution in [0.3, 0.4) is 0 Å². The molecule has 0 aliphatic rings. The Bertz CT molecular complexity index is 349. The lowest BCUT2D eigenvalue weighted by molar-refractivity contribution is -0.116. The zero-order valence-corrected chi connectivity index (χ0v) is 8.67. The number of carbonyl (C=O) groups is 2. The van der Waals surface area contributed by atoms with Crippen LogP contribution < -0.4 is 0 Å². The fraction of sp³-hybridized carbons (Fsp3) is 0.222. The van der Waals surface area contributed by atoms with Gasteiger partial charge in [-0.2, -0.15) is 0 Å². The van der Waals surface area contributed by atoms with Crippen LogP contribution in [0.15, 0.2) is 22.9 Å². The molecule has 1 aromatic heterocycles. The predicted octanol–water partition coefficient (Wildman–Crippen LogP) is 2.01. The fourth-order valence-electron chi connectivity index (χ4n) is 0.893. The summed E-state index contributed by atoms with van der Waals surface area (Å²) in [4.78, 5) is 25.8. The number of aromatic nitrogens is 1. The van der Waals surface area contributed by atoms with Crippen molar-refractivity contribution in [2.24, 2.45) is 0 Å². The standard InChI is InChI=1S/C9H8BrNO2/c1-6(12)2-9(13)7-3-8(10)5-11-4-7/h3-5H,2H2,1H3. The number of pyridine rings is 1. The molecule has 1 heterocycles. The van der Waals surface area contributed by atoms with Gasteiger partial charge >= 0.3 is 0 Å². The molecule has 68 valence electrons. The van der Waals surface area contributed by atoms with E-state index in [0.29, 0.717) is 5.56 Å². The lowest BCUT2D eigenvalue weighted by atomic mass is 10.1. The summed E-state index contributed by atoms with van der Waals surface area (Å²) in [6, 6.07) is 1.65. The molecule has 0 aliphatic carbocycles. The van der Waals surface area contributed by atoms with Crippen molar-refractivity contribution < 1.29 is 9.59 Å². The minimum atomic E-state index is -0.193. The first-order valence-electron chi connectivity index (χ1n) is 3.73. The summed E-state index contributed by atoms with van der Waals surface area (Å²) < 4.78 is 0.738. The van der Waals surface area contributed by atoms with Crippen LogP contribution in [0.5, 0.6) is 0 Å². The van der Waals surface area contributed by atoms with Gasteiger partial charge in [-0.05, 0) is 28.9 Å². The van der Waals surface area contributed by atoms with Gasteiger partial charge in [0.25, 0.3) is 0 Å². The van der Waals surface area contributed by atoms with Gasteiger partial charge in [-0.25, -0.2) is 0 Å². The third-order valence-corrected chi connectivity index (χ3v) is 1.87. The lowest BCUT2D eigenvalue weighted by Crippen LogP contribution is -2.05. The maximum Gasteiger partial charge on any atom is 0.171 e. The number of hydrogen-bond donors (Lipinski definition) is 0. The number of carbonyl (C=O) groups excluding carboxylic acids is 2. The SMILES string of the molecule is CC(=O)CC(=O)c1cncc(Br)c1. The molecule has 0 fully saturated rings. The zero-order valence-electron chi connectivity index (χ0n) is 7.08. The minimum Gasteiger partial charge on any atom is -0.300 e. The van der Waals surface area contributed by atoms with E-state index >= 15 is 0 Å². The Labute approximate surface area is 84.3 Å². The summed E-state index contributed by atoms with van der Waals surface area (Å²) in [6.07, 6.45) is 2.98. The summed E-state index contributed by atoms with van der Waals surface area (Å²) >= 11 is 3.20. The zero-order chi connectivity index (χ0) is 9.84. The third kappa shape index (κ3) is 3.06. The molecule has 4 heteroatoms. The van der Waals surface area contributed by atoms with Gasteiger partial charge in [0, 0.05) is 22.4 Å². The van der Waals surface area contributed by atoms with Crippen LogP contribution >= 0.6 is 15.9 Å². The molecule has 0 saturated heterocycles. The molecule has 0 radical (unpaired) electrons. The molecule has 0 unspecified atom stereocenters. The molecule has 0 aliphatic heterocycles. The van der Waals surface area contributed by atoms with E-state index in [1.807, 2.05) is 0 Å². The van der Waals surface area contributed by atoms with Crippen molar-refractivity contribution in [3.63, 3.8) is 0 Å². The number of nitrogens with zero attached hydrogens (tertiary/aromatic N) is 1. The average molecular weight is 242 g/mol. The second kappa shape index (κ2) is 4.28. The normalized spacial score (nSPS) is 9.69. The highest BCUT2D eigenvalue weighted by Crippen LogP contribution is 2.11. The van der Waals surface area contributed by atoms with Gasteiger partial charge in [-0.3, -0.25) is 14.6 Å². The summed E-state index contributed by atoms with van der Waals surface area (Å²) in [5.74, 6) is -0.328. The van der Waals surface area contributed by atoms with Crippen molar-refractivity contribution in [3.05, 3.63) is 28.5 Å². The highest BCUT2D eigenvalue weighted by atomic mass is 79.9. The summed E-state index contributed by atoms with van der Waals surface area (Å²) in [5.41, 5.74) is 0.463. The first kappa shape index (κ1) is 10.1. The Morgan fingerprint density at radius 2 is 2.15 bits per heavy atom. The Morgan fingerprint density at radius 1 is 1.46 bits per heavy atom. The molecule has 13 heavy (non-hydrogen) atoms. The highest BCUT2D eigenvalue weighted by Gasteiger charge is 2.08. The molecule has 1 rings (SSSR count). The highest BCUT2D eigenvalue weighted by molar-refractivity contribution is 9.10. The first-order chi connectivity index (χ1) is 6.09. The molecule has 1 aromatic rings. The molecule has 0 N–H and O–H groups in total. The smallest absolute Gasteiger partial charge is 0.171 e. The van der Waals surface area contributed by atoms with Crippen LogP contribution in [0.2, 0.25) is 0 Å². The van der Waals surface area contributed by atoms with Gasteiger partial charge in [0.05, 0.1) is 6.42 Å². The third-order valence-electron chi connectivity index (χ3n) is 1.44. The van der Waals surface area contributed by atoms with Gasteiger partial charge in [0.1, 0.15) is 5.78 Å². The Balaban J connectivity index is 2.83. The Kier molecular flexibility index (Phi) is 3.31. The van der Waals surface area contributed by atoms with E-state index in [9.17, 15) is 9.59 Å². The van der Waals surface area contributed by atoms with E-state index in [0.717, 1.165) is 4.47 Å². The van der Waals surface area contributed by atoms with Gasteiger partial charge < -0.3 is 0 Å². The molecule has 0 atom stereocenters. The topological polar surface area (TPSA) is 47.0 Å². The maximum absolute atomic E-state index is 11.3. The van der Waals surface area contributed by atoms with Crippen molar-refractivity contribution in [3.8, 4) is 0 Å². The van der Waals surface area contributed by atoms with E-state index < -0.39 is 0 Å². The van der Waals surface area contributed by atoms with Crippen molar-refractivity contribution >= 4 is 27.5 Å². The van der Waals surface area contributed by atoms with E-state index in [1.165, 1.54) is 13.1 Å². The predicted molar refractivity (Wildman–Crippen MR) is 51.6 cm³/mol. The first-order valence-corrected chi connectivity index (χ1v) is 4.52. The lowest BCUT2D eigenvalue weighted by Gasteiger charge is -1.97. The summed E-state index contributed by atoms with van der Waals surface area (Å²) in [6.45, 7) is 1.39. The average Bonchev–Trinajstić information content (AvgIpc) is 2.03. The molecule has 0 bridgehead atoms. The van der Waals surface area contributed by atoms with Crippen LogP contribution in [0.25, 0.3) is 0 Å². The Hall–Kier alpha value is -1.03. The van der Waals surface area contributed by atoms with Gasteiger partial charge in [0.2, 0.25) is 0 Å². The van der Waals surface area contributed by atoms with E-state index in [-0.39, 0.29) is 18.0 Å². The fourth-order valence-corrected chi connectivity index (χ4v) is 1.26. The largest absolute Gasteiger partial charge is 0.300 e. The monoisotopic (exact) mass is 241 g/mol. The van der Waals surface area contributed by atoms with E-state index in [2.05, 4.69) is 20.9 Å².